The van der Waals surface area contributed by atoms with E-state index in [4.69, 9.17) is 27.9 Å². The molecule has 0 aromatic carbocycles. The summed E-state index contributed by atoms with van der Waals surface area (Å²) in [4.78, 5) is 25.8. The van der Waals surface area contributed by atoms with Crippen LogP contribution < -0.4 is 15.0 Å². The van der Waals surface area contributed by atoms with Gasteiger partial charge in [-0.2, -0.15) is 5.10 Å². The first-order chi connectivity index (χ1) is 13.9. The van der Waals surface area contributed by atoms with Crippen LogP contribution in [-0.2, 0) is 6.54 Å². The monoisotopic (exact) mass is 443 g/mol. The highest BCUT2D eigenvalue weighted by Crippen LogP contribution is 2.24. The Morgan fingerprint density at radius 2 is 2.03 bits per heavy atom. The Kier molecular flexibility index (Phi) is 6.39. The van der Waals surface area contributed by atoms with E-state index in [0.717, 1.165) is 6.07 Å². The lowest BCUT2D eigenvalue weighted by Gasteiger charge is -2.22. The number of nitrogens with one attached hydrogen (secondary N) is 2. The second-order valence-electron chi connectivity index (χ2n) is 5.53. The largest absolute Gasteiger partial charge is 0.467 e. The minimum Gasteiger partial charge on any atom is -0.467 e. The first-order valence-electron chi connectivity index (χ1n) is 7.96. The van der Waals surface area contributed by atoms with Gasteiger partial charge in [0.15, 0.2) is 5.15 Å². The molecule has 0 unspecified atom stereocenters. The number of anilines is 2. The number of pyridine rings is 1. The Balaban J connectivity index is 1.88. The van der Waals surface area contributed by atoms with Crippen molar-refractivity contribution < 1.29 is 18.3 Å². The molecule has 0 atom stereocenters. The number of urea groups is 1. The number of aromatic amines is 1. The Morgan fingerprint density at radius 1 is 1.31 bits per heavy atom. The van der Waals surface area contributed by atoms with Crippen LogP contribution in [0.4, 0.5) is 25.0 Å². The van der Waals surface area contributed by atoms with E-state index in [1.54, 1.807) is 0 Å². The van der Waals surface area contributed by atoms with Gasteiger partial charge < -0.3 is 10.1 Å². The SMILES string of the molecule is COc1ncc(N(Cc2cc(C(F)F)[nH]n2)C(=O)Nc2ccc(Cl)nc2Cl)cn1. The summed E-state index contributed by atoms with van der Waals surface area (Å²) in [6, 6.07) is 3.53. The van der Waals surface area contributed by atoms with Gasteiger partial charge in [0, 0.05) is 0 Å². The zero-order valence-corrected chi connectivity index (χ0v) is 16.2. The molecule has 13 heteroatoms. The fourth-order valence-electron chi connectivity index (χ4n) is 2.26. The van der Waals surface area contributed by atoms with Crippen LogP contribution in [0.2, 0.25) is 10.3 Å². The maximum absolute atomic E-state index is 12.9. The van der Waals surface area contributed by atoms with Crippen molar-refractivity contribution >= 4 is 40.6 Å². The van der Waals surface area contributed by atoms with Crippen LogP contribution in [-0.4, -0.2) is 38.3 Å². The number of halogens is 4. The third-order valence-electron chi connectivity index (χ3n) is 3.62. The fourth-order valence-corrected chi connectivity index (χ4v) is 2.65. The van der Waals surface area contributed by atoms with Crippen LogP contribution >= 0.6 is 23.2 Å². The second-order valence-corrected chi connectivity index (χ2v) is 6.28. The third-order valence-corrected chi connectivity index (χ3v) is 4.11. The molecule has 3 aromatic heterocycles. The van der Waals surface area contributed by atoms with Crippen molar-refractivity contribution in [1.82, 2.24) is 25.1 Å². The Hall–Kier alpha value is -3.05. The van der Waals surface area contributed by atoms with Crippen LogP contribution in [0.3, 0.4) is 0 Å². The first-order valence-corrected chi connectivity index (χ1v) is 8.72. The molecule has 0 radical (unpaired) electrons. The van der Waals surface area contributed by atoms with Crippen molar-refractivity contribution in [3.05, 3.63) is 52.3 Å². The number of alkyl halides is 2. The van der Waals surface area contributed by atoms with Crippen LogP contribution in [0.15, 0.2) is 30.6 Å². The van der Waals surface area contributed by atoms with Crippen molar-refractivity contribution in [3.63, 3.8) is 0 Å². The third kappa shape index (κ3) is 5.06. The normalized spacial score (nSPS) is 10.8. The van der Waals surface area contributed by atoms with E-state index in [-0.39, 0.29) is 45.6 Å². The number of rotatable bonds is 6. The molecular weight excluding hydrogens is 431 g/mol. The molecule has 0 aliphatic carbocycles. The van der Waals surface area contributed by atoms with Gasteiger partial charge in [-0.1, -0.05) is 23.2 Å². The Labute approximate surface area is 173 Å². The molecule has 0 fully saturated rings. The maximum Gasteiger partial charge on any atom is 0.326 e. The first kappa shape index (κ1) is 20.7. The molecule has 2 N–H and O–H groups in total. The molecule has 0 bridgehead atoms. The molecule has 0 saturated carbocycles. The van der Waals surface area contributed by atoms with Crippen LogP contribution in [0.5, 0.6) is 6.01 Å². The molecular formula is C16H13Cl2F2N7O2. The Morgan fingerprint density at radius 3 is 2.62 bits per heavy atom. The van der Waals surface area contributed by atoms with Crippen molar-refractivity contribution in [2.45, 2.75) is 13.0 Å². The van der Waals surface area contributed by atoms with Crippen LogP contribution in [0.25, 0.3) is 0 Å². The quantitative estimate of drug-likeness (QED) is 0.555. The fraction of sp³-hybridized carbons (Fsp3) is 0.188. The predicted molar refractivity (Wildman–Crippen MR) is 102 cm³/mol. The zero-order valence-electron chi connectivity index (χ0n) is 14.7. The van der Waals surface area contributed by atoms with Gasteiger partial charge in [-0.3, -0.25) is 10.00 Å². The molecule has 0 aliphatic rings. The van der Waals surface area contributed by atoms with E-state index < -0.39 is 12.5 Å². The molecule has 9 nitrogen and oxygen atoms in total. The van der Waals surface area contributed by atoms with E-state index in [2.05, 4.69) is 30.5 Å². The number of aromatic nitrogens is 5. The number of hydrogen-bond donors (Lipinski definition) is 2. The number of carbonyl (C=O) groups excluding carboxylic acids is 1. The summed E-state index contributed by atoms with van der Waals surface area (Å²) in [7, 11) is 1.39. The molecule has 0 aliphatic heterocycles. The summed E-state index contributed by atoms with van der Waals surface area (Å²) >= 11 is 11.7. The van der Waals surface area contributed by atoms with Crippen LogP contribution in [0, 0.1) is 0 Å². The number of methoxy groups -OCH3 is 1. The summed E-state index contributed by atoms with van der Waals surface area (Å²) in [5, 5.41) is 8.75. The van der Waals surface area contributed by atoms with Crippen molar-refractivity contribution in [3.8, 4) is 6.01 Å². The molecule has 152 valence electrons. The summed E-state index contributed by atoms with van der Waals surface area (Å²) in [5.41, 5.74) is 0.307. The average Bonchev–Trinajstić information content (AvgIpc) is 3.17. The van der Waals surface area contributed by atoms with Gasteiger partial charge in [0.25, 0.3) is 6.43 Å². The van der Waals surface area contributed by atoms with Crippen LogP contribution in [0.1, 0.15) is 17.8 Å². The average molecular weight is 444 g/mol. The minimum atomic E-state index is -2.72. The van der Waals surface area contributed by atoms with Gasteiger partial charge in [0.2, 0.25) is 0 Å². The topological polar surface area (TPSA) is 109 Å². The molecule has 0 saturated heterocycles. The van der Waals surface area contributed by atoms with Gasteiger partial charge in [0.1, 0.15) is 10.8 Å². The molecule has 0 spiro atoms. The highest BCUT2D eigenvalue weighted by Gasteiger charge is 2.21. The number of carbonyl (C=O) groups is 1. The predicted octanol–water partition coefficient (Wildman–Crippen LogP) is 4.09. The summed E-state index contributed by atoms with van der Waals surface area (Å²) < 4.78 is 30.5. The Bertz CT molecular complexity index is 1000. The van der Waals surface area contributed by atoms with Gasteiger partial charge >= 0.3 is 12.0 Å². The van der Waals surface area contributed by atoms with E-state index >= 15 is 0 Å². The summed E-state index contributed by atoms with van der Waals surface area (Å²) in [6.45, 7) is -0.149. The lowest BCUT2D eigenvalue weighted by Crippen LogP contribution is -2.35. The number of amides is 2. The van der Waals surface area contributed by atoms with Crippen molar-refractivity contribution in [2.75, 3.05) is 17.3 Å². The van der Waals surface area contributed by atoms with E-state index in [9.17, 15) is 13.6 Å². The second kappa shape index (κ2) is 8.97. The summed E-state index contributed by atoms with van der Waals surface area (Å²) in [6.07, 6.45) is -0.0384. The van der Waals surface area contributed by atoms with E-state index in [1.807, 2.05) is 0 Å². The minimum absolute atomic E-state index is 0.0171. The lowest BCUT2D eigenvalue weighted by molar-refractivity contribution is 0.146. The van der Waals surface area contributed by atoms with Crippen molar-refractivity contribution in [2.24, 2.45) is 0 Å². The molecule has 3 aromatic rings. The van der Waals surface area contributed by atoms with Gasteiger partial charge in [-0.15, -0.1) is 0 Å². The maximum atomic E-state index is 12.9. The van der Waals surface area contributed by atoms with Gasteiger partial charge in [-0.25, -0.2) is 28.5 Å². The number of H-pyrrole nitrogens is 1. The molecule has 3 rings (SSSR count). The smallest absolute Gasteiger partial charge is 0.326 e. The number of ether oxygens (including phenoxy) is 1. The van der Waals surface area contributed by atoms with Gasteiger partial charge in [0.05, 0.1) is 43.1 Å². The lowest BCUT2D eigenvalue weighted by atomic mass is 10.3. The highest BCUT2D eigenvalue weighted by atomic mass is 35.5. The number of hydrogen-bond acceptors (Lipinski definition) is 6. The van der Waals surface area contributed by atoms with Gasteiger partial charge in [-0.05, 0) is 18.2 Å². The van der Waals surface area contributed by atoms with E-state index in [1.165, 1.54) is 36.5 Å². The summed E-state index contributed by atoms with van der Waals surface area (Å²) in [5.74, 6) is 0. The molecule has 2 amide bonds. The molecule has 29 heavy (non-hydrogen) atoms. The molecule has 3 heterocycles. The standard InChI is InChI=1S/C16H13Cl2F2N7O2/c1-29-15-21-5-9(6-22-15)27(7-8-4-11(14(19)20)26-25-8)16(28)23-10-2-3-12(17)24-13(10)18/h2-6,14H,7H2,1H3,(H,23,28)(H,25,26). The van der Waals surface area contributed by atoms with Crippen molar-refractivity contribution in [1.29, 1.82) is 0 Å². The zero-order chi connectivity index (χ0) is 21.0. The highest BCUT2D eigenvalue weighted by molar-refractivity contribution is 6.34. The van der Waals surface area contributed by atoms with E-state index in [0.29, 0.717) is 0 Å². The number of nitrogens with zero attached hydrogens (tertiary/aromatic N) is 5.